The van der Waals surface area contributed by atoms with E-state index in [1.165, 1.54) is 0 Å². The van der Waals surface area contributed by atoms with Crippen LogP contribution in [0.2, 0.25) is 0 Å². The maximum absolute atomic E-state index is 6.44. The second kappa shape index (κ2) is 9.82. The molecule has 41 heavy (non-hydrogen) atoms. The molecule has 0 fully saturated rings. The molecule has 3 heterocycles. The molecule has 4 aromatic carbocycles. The Labute approximate surface area is 237 Å². The van der Waals surface area contributed by atoms with Crippen molar-refractivity contribution in [2.24, 2.45) is 0 Å². The van der Waals surface area contributed by atoms with Gasteiger partial charge in [0.25, 0.3) is 0 Å². The van der Waals surface area contributed by atoms with Crippen molar-refractivity contribution in [1.82, 2.24) is 19.6 Å². The number of fused-ring (bicyclic) bond motifs is 6. The molecule has 0 radical (unpaired) electrons. The molecule has 0 saturated heterocycles. The summed E-state index contributed by atoms with van der Waals surface area (Å²) in [6.45, 7) is 4.29. The van der Waals surface area contributed by atoms with Gasteiger partial charge in [0.05, 0.1) is 19.8 Å². The molecule has 8 nitrogen and oxygen atoms in total. The van der Waals surface area contributed by atoms with Crippen LogP contribution in [-0.4, -0.2) is 33.8 Å². The number of para-hydroxylation sites is 1. The van der Waals surface area contributed by atoms with Gasteiger partial charge in [-0.25, -0.2) is 14.5 Å². The van der Waals surface area contributed by atoms with E-state index in [4.69, 9.17) is 29.0 Å². The van der Waals surface area contributed by atoms with Gasteiger partial charge >= 0.3 is 0 Å². The maximum atomic E-state index is 6.44. The van der Waals surface area contributed by atoms with E-state index in [0.717, 1.165) is 50.1 Å². The topological polar surface area (TPSA) is 80.0 Å². The van der Waals surface area contributed by atoms with Crippen LogP contribution < -0.4 is 18.9 Å². The standard InChI is InChI=1S/C33H28N4O4/c1-19-8-7-9-20(2)31(19)40-17-27-35-32-30-28(22-13-14-24(38-3)26(16-22)39-4)29-23-11-6-5-10-21(23)12-15-25(29)41-33(30)34-18-37(32)36-27/h5-16,18,28H,17H2,1-4H3/t28-/m0/s1. The lowest BCUT2D eigenvalue weighted by atomic mass is 9.81. The zero-order chi connectivity index (χ0) is 28.1. The third-order valence-electron chi connectivity index (χ3n) is 7.64. The molecule has 1 atom stereocenters. The van der Waals surface area contributed by atoms with E-state index < -0.39 is 0 Å². The molecular weight excluding hydrogens is 516 g/mol. The fraction of sp³-hybridized carbons (Fsp3) is 0.182. The van der Waals surface area contributed by atoms with Crippen molar-refractivity contribution in [2.75, 3.05) is 14.2 Å². The number of rotatable bonds is 6. The first-order valence-electron chi connectivity index (χ1n) is 13.4. The minimum Gasteiger partial charge on any atom is -0.493 e. The predicted molar refractivity (Wildman–Crippen MR) is 156 cm³/mol. The van der Waals surface area contributed by atoms with E-state index in [1.54, 1.807) is 25.1 Å². The Hall–Kier alpha value is -5.11. The highest BCUT2D eigenvalue weighted by Gasteiger charge is 2.35. The van der Waals surface area contributed by atoms with Crippen molar-refractivity contribution >= 4 is 16.4 Å². The average molecular weight is 545 g/mol. The Morgan fingerprint density at radius 3 is 2.46 bits per heavy atom. The predicted octanol–water partition coefficient (Wildman–Crippen LogP) is 6.78. The molecule has 1 aliphatic heterocycles. The molecule has 8 heteroatoms. The lowest BCUT2D eigenvalue weighted by molar-refractivity contribution is 0.292. The molecule has 0 spiro atoms. The van der Waals surface area contributed by atoms with Crippen LogP contribution in [0.5, 0.6) is 28.9 Å². The maximum Gasteiger partial charge on any atom is 0.228 e. The minimum atomic E-state index is -0.257. The number of aryl methyl sites for hydroxylation is 2. The van der Waals surface area contributed by atoms with E-state index >= 15 is 0 Å². The molecule has 1 aliphatic rings. The highest BCUT2D eigenvalue weighted by atomic mass is 16.5. The van der Waals surface area contributed by atoms with Crippen LogP contribution in [-0.2, 0) is 6.61 Å². The summed E-state index contributed by atoms with van der Waals surface area (Å²) in [4.78, 5) is 9.64. The van der Waals surface area contributed by atoms with E-state index in [1.807, 2.05) is 62.4 Å². The third-order valence-corrected chi connectivity index (χ3v) is 7.64. The number of hydrogen-bond donors (Lipinski definition) is 0. The first kappa shape index (κ1) is 24.9. The molecule has 0 saturated carbocycles. The Morgan fingerprint density at radius 2 is 1.66 bits per heavy atom. The molecule has 2 aromatic heterocycles. The fourth-order valence-electron chi connectivity index (χ4n) is 5.74. The molecule has 7 rings (SSSR count). The smallest absolute Gasteiger partial charge is 0.228 e. The van der Waals surface area contributed by atoms with Gasteiger partial charge in [0.1, 0.15) is 24.4 Å². The summed E-state index contributed by atoms with van der Waals surface area (Å²) in [5, 5.41) is 6.93. The van der Waals surface area contributed by atoms with E-state index in [0.29, 0.717) is 28.9 Å². The van der Waals surface area contributed by atoms with Crippen LogP contribution in [0.4, 0.5) is 0 Å². The molecule has 0 aliphatic carbocycles. The van der Waals surface area contributed by atoms with Crippen LogP contribution in [0.3, 0.4) is 0 Å². The van der Waals surface area contributed by atoms with Crippen molar-refractivity contribution in [1.29, 1.82) is 0 Å². The number of methoxy groups -OCH3 is 2. The van der Waals surface area contributed by atoms with Crippen LogP contribution in [0.25, 0.3) is 16.4 Å². The summed E-state index contributed by atoms with van der Waals surface area (Å²) in [6.07, 6.45) is 1.64. The summed E-state index contributed by atoms with van der Waals surface area (Å²) in [6, 6.07) is 24.5. The van der Waals surface area contributed by atoms with Gasteiger partial charge in [0, 0.05) is 11.5 Å². The summed E-state index contributed by atoms with van der Waals surface area (Å²) < 4.78 is 25.6. The quantitative estimate of drug-likeness (QED) is 0.228. The van der Waals surface area contributed by atoms with E-state index in [9.17, 15) is 0 Å². The first-order valence-corrected chi connectivity index (χ1v) is 13.4. The normalized spacial score (nSPS) is 13.9. The zero-order valence-corrected chi connectivity index (χ0v) is 23.2. The Kier molecular flexibility index (Phi) is 5.96. The van der Waals surface area contributed by atoms with Gasteiger partial charge < -0.3 is 18.9 Å². The summed E-state index contributed by atoms with van der Waals surface area (Å²) >= 11 is 0. The number of ether oxygens (including phenoxy) is 4. The van der Waals surface area contributed by atoms with Crippen LogP contribution in [0.1, 0.15) is 39.6 Å². The lowest BCUT2D eigenvalue weighted by Crippen LogP contribution is -2.15. The molecule has 0 amide bonds. The molecule has 0 N–H and O–H groups in total. The minimum absolute atomic E-state index is 0.226. The summed E-state index contributed by atoms with van der Waals surface area (Å²) in [5.74, 6) is 3.69. The highest BCUT2D eigenvalue weighted by molar-refractivity contribution is 5.91. The number of hydrogen-bond acceptors (Lipinski definition) is 7. The SMILES string of the molecule is COc1ccc([C@H]2c3c(ccc4ccccc34)Oc3ncn4nc(COc5c(C)cccc5C)nc4c32)cc1OC. The molecule has 0 bridgehead atoms. The Balaban J connectivity index is 1.41. The third kappa shape index (κ3) is 4.10. The molecule has 0 unspecified atom stereocenters. The monoisotopic (exact) mass is 544 g/mol. The Morgan fingerprint density at radius 1 is 0.854 bits per heavy atom. The van der Waals surface area contributed by atoms with Crippen molar-refractivity contribution in [3.63, 3.8) is 0 Å². The van der Waals surface area contributed by atoms with Gasteiger partial charge in [-0.15, -0.1) is 5.10 Å². The molecule has 6 aromatic rings. The number of nitrogens with zero attached hydrogens (tertiary/aromatic N) is 4. The number of aromatic nitrogens is 4. The lowest BCUT2D eigenvalue weighted by Gasteiger charge is -2.29. The van der Waals surface area contributed by atoms with Gasteiger partial charge in [-0.3, -0.25) is 0 Å². The average Bonchev–Trinajstić information content (AvgIpc) is 3.42. The fourth-order valence-corrected chi connectivity index (χ4v) is 5.74. The van der Waals surface area contributed by atoms with E-state index in [-0.39, 0.29) is 12.5 Å². The largest absolute Gasteiger partial charge is 0.493 e. The van der Waals surface area contributed by atoms with Crippen molar-refractivity contribution in [2.45, 2.75) is 26.4 Å². The van der Waals surface area contributed by atoms with E-state index in [2.05, 4.69) is 29.2 Å². The second-order valence-corrected chi connectivity index (χ2v) is 10.1. The van der Waals surface area contributed by atoms with Gasteiger partial charge in [-0.2, -0.15) is 0 Å². The summed E-state index contributed by atoms with van der Waals surface area (Å²) in [7, 11) is 3.28. The number of benzene rings is 4. The van der Waals surface area contributed by atoms with Crippen LogP contribution >= 0.6 is 0 Å². The van der Waals surface area contributed by atoms with Gasteiger partial charge in [-0.05, 0) is 59.5 Å². The zero-order valence-electron chi connectivity index (χ0n) is 23.2. The van der Waals surface area contributed by atoms with Crippen LogP contribution in [0.15, 0.2) is 79.1 Å². The van der Waals surface area contributed by atoms with Crippen LogP contribution in [0, 0.1) is 13.8 Å². The highest BCUT2D eigenvalue weighted by Crippen LogP contribution is 2.51. The van der Waals surface area contributed by atoms with Gasteiger partial charge in [0.2, 0.25) is 5.88 Å². The second-order valence-electron chi connectivity index (χ2n) is 10.1. The first-order chi connectivity index (χ1) is 20.1. The molecular formula is C33H28N4O4. The van der Waals surface area contributed by atoms with Gasteiger partial charge in [-0.1, -0.05) is 54.6 Å². The van der Waals surface area contributed by atoms with Crippen molar-refractivity contribution in [3.8, 4) is 28.9 Å². The summed E-state index contributed by atoms with van der Waals surface area (Å²) in [5.41, 5.74) is 5.66. The van der Waals surface area contributed by atoms with Crippen molar-refractivity contribution < 1.29 is 18.9 Å². The Bertz CT molecular complexity index is 1930. The molecule has 204 valence electrons. The van der Waals surface area contributed by atoms with Gasteiger partial charge in [0.15, 0.2) is 23.0 Å². The van der Waals surface area contributed by atoms with Crippen molar-refractivity contribution in [3.05, 3.63) is 113 Å².